The fourth-order valence-electron chi connectivity index (χ4n) is 1.64. The molecule has 110 valence electrons. The first-order valence-electron chi connectivity index (χ1n) is 5.91. The van der Waals surface area contributed by atoms with E-state index < -0.39 is 18.5 Å². The number of carboxylic acid groups (broad SMARTS) is 1. The number of carbonyl (C=O) groups is 3. The molecule has 7 nitrogen and oxygen atoms in total. The van der Waals surface area contributed by atoms with Crippen molar-refractivity contribution in [1.29, 1.82) is 0 Å². The lowest BCUT2D eigenvalue weighted by Crippen LogP contribution is -2.13. The average Bonchev–Trinajstić information content (AvgIpc) is 2.35. The number of rotatable bonds is 3. The van der Waals surface area contributed by atoms with Crippen LogP contribution in [-0.2, 0) is 9.59 Å². The van der Waals surface area contributed by atoms with Gasteiger partial charge in [0.25, 0.3) is 0 Å². The van der Waals surface area contributed by atoms with Crippen molar-refractivity contribution in [3.05, 3.63) is 23.3 Å². The number of carboxylic acids is 1. The van der Waals surface area contributed by atoms with E-state index in [0.717, 1.165) is 0 Å². The molecule has 0 radical (unpaired) electrons. The van der Waals surface area contributed by atoms with Gasteiger partial charge in [-0.1, -0.05) is 11.8 Å². The van der Waals surface area contributed by atoms with Crippen LogP contribution in [0.15, 0.2) is 12.1 Å². The molecule has 0 fully saturated rings. The Kier molecular flexibility index (Phi) is 5.46. The highest BCUT2D eigenvalue weighted by Crippen LogP contribution is 2.25. The molecule has 2 amide bonds. The molecule has 0 bridgehead atoms. The van der Waals surface area contributed by atoms with Gasteiger partial charge in [-0.25, -0.2) is 4.79 Å². The minimum absolute atomic E-state index is 0.0563. The average molecular weight is 290 g/mol. The molecule has 4 N–H and O–H groups in total. The molecular formula is C14H14N2O5. The number of hydrogen-bond donors (Lipinski definition) is 4. The van der Waals surface area contributed by atoms with E-state index in [1.807, 2.05) is 0 Å². The van der Waals surface area contributed by atoms with Gasteiger partial charge >= 0.3 is 5.97 Å². The minimum atomic E-state index is -1.27. The molecule has 0 heterocycles. The van der Waals surface area contributed by atoms with Gasteiger partial charge in [-0.05, 0) is 12.1 Å². The third-order valence-corrected chi connectivity index (χ3v) is 2.29. The Bertz CT molecular complexity index is 655. The number of aliphatic hydroxyl groups excluding tert-OH is 1. The van der Waals surface area contributed by atoms with Gasteiger partial charge in [0.2, 0.25) is 11.8 Å². The summed E-state index contributed by atoms with van der Waals surface area (Å²) in [6.07, 6.45) is 0. The van der Waals surface area contributed by atoms with Gasteiger partial charge < -0.3 is 20.8 Å². The molecule has 0 spiro atoms. The van der Waals surface area contributed by atoms with Crippen LogP contribution < -0.4 is 10.6 Å². The first kappa shape index (κ1) is 16.2. The summed E-state index contributed by atoms with van der Waals surface area (Å²) >= 11 is 0. The highest BCUT2D eigenvalue weighted by atomic mass is 16.4. The maximum Gasteiger partial charge on any atom is 0.337 e. The van der Waals surface area contributed by atoms with Crippen molar-refractivity contribution in [2.75, 3.05) is 17.2 Å². The quantitative estimate of drug-likeness (QED) is 0.610. The van der Waals surface area contributed by atoms with E-state index in [2.05, 4.69) is 22.5 Å². The Morgan fingerprint density at radius 3 is 2.24 bits per heavy atom. The summed E-state index contributed by atoms with van der Waals surface area (Å²) in [6, 6.07) is 2.63. The Hall–Kier alpha value is -2.85. The van der Waals surface area contributed by atoms with E-state index in [0.29, 0.717) is 0 Å². The zero-order chi connectivity index (χ0) is 16.0. The van der Waals surface area contributed by atoms with Gasteiger partial charge in [-0.15, -0.1) is 0 Å². The molecule has 0 unspecified atom stereocenters. The van der Waals surface area contributed by atoms with E-state index in [1.54, 1.807) is 0 Å². The second-order valence-electron chi connectivity index (χ2n) is 4.07. The molecule has 1 rings (SSSR count). The van der Waals surface area contributed by atoms with Crippen LogP contribution in [0.3, 0.4) is 0 Å². The minimum Gasteiger partial charge on any atom is -0.478 e. The first-order valence-corrected chi connectivity index (χ1v) is 5.91. The third kappa shape index (κ3) is 4.63. The summed E-state index contributed by atoms with van der Waals surface area (Å²) in [5, 5.41) is 22.9. The maximum absolute atomic E-state index is 11.3. The van der Waals surface area contributed by atoms with Crippen molar-refractivity contribution in [3.8, 4) is 11.8 Å². The molecule has 0 saturated carbocycles. The number of hydrogen-bond acceptors (Lipinski definition) is 4. The molecule has 21 heavy (non-hydrogen) atoms. The van der Waals surface area contributed by atoms with Crippen molar-refractivity contribution >= 4 is 29.2 Å². The number of amides is 2. The summed E-state index contributed by atoms with van der Waals surface area (Å²) in [7, 11) is 0. The predicted molar refractivity (Wildman–Crippen MR) is 76.0 cm³/mol. The largest absolute Gasteiger partial charge is 0.478 e. The van der Waals surface area contributed by atoms with Crippen molar-refractivity contribution in [1.82, 2.24) is 0 Å². The fourth-order valence-corrected chi connectivity index (χ4v) is 1.64. The topological polar surface area (TPSA) is 116 Å². The van der Waals surface area contributed by atoms with Gasteiger partial charge in [0.1, 0.15) is 6.61 Å². The summed E-state index contributed by atoms with van der Waals surface area (Å²) in [5.74, 6) is 2.76. The second-order valence-corrected chi connectivity index (χ2v) is 4.07. The van der Waals surface area contributed by atoms with Crippen molar-refractivity contribution in [2.24, 2.45) is 0 Å². The molecule has 0 aromatic heterocycles. The second kappa shape index (κ2) is 7.07. The number of aliphatic hydroxyl groups is 1. The Balaban J connectivity index is 3.52. The molecule has 1 aromatic rings. The van der Waals surface area contributed by atoms with E-state index in [1.165, 1.54) is 26.0 Å². The smallest absolute Gasteiger partial charge is 0.337 e. The molecule has 0 atom stereocenters. The SMILES string of the molecule is CC(=O)Nc1cc(NC(C)=O)c(C#CCO)c(C(=O)O)c1. The lowest BCUT2D eigenvalue weighted by Gasteiger charge is -2.12. The lowest BCUT2D eigenvalue weighted by molar-refractivity contribution is -0.115. The van der Waals surface area contributed by atoms with Crippen LogP contribution in [0.2, 0.25) is 0 Å². The molecule has 0 aliphatic heterocycles. The van der Waals surface area contributed by atoms with Crippen LogP contribution in [0.5, 0.6) is 0 Å². The van der Waals surface area contributed by atoms with Gasteiger partial charge in [0.05, 0.1) is 16.8 Å². The maximum atomic E-state index is 11.3. The van der Waals surface area contributed by atoms with Gasteiger partial charge in [-0.2, -0.15) is 0 Å². The lowest BCUT2D eigenvalue weighted by atomic mass is 10.0. The van der Waals surface area contributed by atoms with E-state index in [9.17, 15) is 19.5 Å². The van der Waals surface area contributed by atoms with Crippen LogP contribution in [0.4, 0.5) is 11.4 Å². The first-order chi connectivity index (χ1) is 9.85. The summed E-state index contributed by atoms with van der Waals surface area (Å²) in [4.78, 5) is 33.6. The zero-order valence-electron chi connectivity index (χ0n) is 11.5. The summed E-state index contributed by atoms with van der Waals surface area (Å²) in [6.45, 7) is 2.08. The van der Waals surface area contributed by atoms with Crippen molar-refractivity contribution in [3.63, 3.8) is 0 Å². The summed E-state index contributed by atoms with van der Waals surface area (Å²) in [5.41, 5.74) is 0.233. The van der Waals surface area contributed by atoms with Gasteiger partial charge in [-0.3, -0.25) is 9.59 Å². The van der Waals surface area contributed by atoms with Crippen LogP contribution >= 0.6 is 0 Å². The number of anilines is 2. The molecule has 0 aliphatic carbocycles. The predicted octanol–water partition coefficient (Wildman–Crippen LogP) is 0.645. The van der Waals surface area contributed by atoms with Crippen LogP contribution in [0.1, 0.15) is 29.8 Å². The van der Waals surface area contributed by atoms with E-state index >= 15 is 0 Å². The Labute approximate surface area is 121 Å². The third-order valence-electron chi connectivity index (χ3n) is 2.29. The Morgan fingerprint density at radius 2 is 1.76 bits per heavy atom. The number of benzene rings is 1. The van der Waals surface area contributed by atoms with Gasteiger partial charge in [0.15, 0.2) is 0 Å². The van der Waals surface area contributed by atoms with E-state index in [4.69, 9.17) is 5.11 Å². The highest BCUT2D eigenvalue weighted by Gasteiger charge is 2.16. The van der Waals surface area contributed by atoms with Crippen molar-refractivity contribution in [2.45, 2.75) is 13.8 Å². The number of carbonyl (C=O) groups excluding carboxylic acids is 2. The monoisotopic (exact) mass is 290 g/mol. The standard InChI is InChI=1S/C14H14N2O5/c1-8(18)15-10-6-12(14(20)21)11(4-3-5-17)13(7-10)16-9(2)19/h6-7,17H,5H2,1-2H3,(H,15,18)(H,16,19)(H,20,21). The molecule has 1 aromatic carbocycles. The Morgan fingerprint density at radius 1 is 1.14 bits per heavy atom. The fraction of sp³-hybridized carbons (Fsp3) is 0.214. The van der Waals surface area contributed by atoms with Crippen molar-refractivity contribution < 1.29 is 24.6 Å². The zero-order valence-corrected chi connectivity index (χ0v) is 11.5. The van der Waals surface area contributed by atoms with Crippen LogP contribution in [0, 0.1) is 11.8 Å². The normalized spacial score (nSPS) is 9.29. The molecule has 0 saturated heterocycles. The summed E-state index contributed by atoms with van der Waals surface area (Å²) < 4.78 is 0. The van der Waals surface area contributed by atoms with Gasteiger partial charge in [0, 0.05) is 19.5 Å². The van der Waals surface area contributed by atoms with E-state index in [-0.39, 0.29) is 28.4 Å². The van der Waals surface area contributed by atoms with Crippen LogP contribution in [0.25, 0.3) is 0 Å². The van der Waals surface area contributed by atoms with Crippen LogP contribution in [-0.4, -0.2) is 34.6 Å². The molecule has 0 aliphatic rings. The highest BCUT2D eigenvalue weighted by molar-refractivity contribution is 6.00. The number of aromatic carboxylic acids is 1. The molecule has 7 heteroatoms. The molecular weight excluding hydrogens is 276 g/mol. The number of nitrogens with one attached hydrogen (secondary N) is 2.